The van der Waals surface area contributed by atoms with Crippen LogP contribution in [-0.2, 0) is 19.2 Å². The number of rotatable bonds is 13. The van der Waals surface area contributed by atoms with Crippen molar-refractivity contribution in [1.82, 2.24) is 36.1 Å². The summed E-state index contributed by atoms with van der Waals surface area (Å²) in [4.78, 5) is 78.5. The molecule has 270 valence electrons. The molecule has 1 unspecified atom stereocenters. The molecule has 7 atom stereocenters. The Balaban J connectivity index is 1.35. The number of likely N-dealkylation sites (tertiary alicyclic amines) is 1. The minimum absolute atomic E-state index is 0.0544. The Morgan fingerprint density at radius 1 is 0.918 bits per heavy atom. The second-order valence-electron chi connectivity index (χ2n) is 15.7. The summed E-state index contributed by atoms with van der Waals surface area (Å²) in [5.41, 5.74) is -0.618. The minimum atomic E-state index is -1.40. The summed E-state index contributed by atoms with van der Waals surface area (Å²) >= 11 is 0. The van der Waals surface area contributed by atoms with Crippen molar-refractivity contribution in [1.29, 1.82) is 0 Å². The van der Waals surface area contributed by atoms with Crippen LogP contribution in [0.2, 0.25) is 0 Å². The molecular formula is C36H55N7O6. The molecule has 1 aliphatic heterocycles. The molecule has 2 heterocycles. The molecule has 1 aromatic heterocycles. The van der Waals surface area contributed by atoms with Crippen molar-refractivity contribution in [3.63, 3.8) is 0 Å². The average molecular weight is 682 g/mol. The Bertz CT molecular complexity index is 1340. The summed E-state index contributed by atoms with van der Waals surface area (Å²) in [5, 5.41) is 22.6. The van der Waals surface area contributed by atoms with Crippen LogP contribution < -0.4 is 21.3 Å². The lowest BCUT2D eigenvalue weighted by atomic mass is 9.82. The summed E-state index contributed by atoms with van der Waals surface area (Å²) in [7, 11) is 0. The first-order valence-corrected chi connectivity index (χ1v) is 18.4. The molecule has 4 aliphatic rings. The van der Waals surface area contributed by atoms with E-state index in [1.807, 2.05) is 27.7 Å². The van der Waals surface area contributed by atoms with E-state index in [2.05, 4.69) is 31.2 Å². The fourth-order valence-corrected chi connectivity index (χ4v) is 8.00. The van der Waals surface area contributed by atoms with Crippen molar-refractivity contribution in [2.45, 2.75) is 141 Å². The van der Waals surface area contributed by atoms with E-state index in [1.165, 1.54) is 18.6 Å². The standard InChI is InChI=1S/C36H55N7O6/c1-5-10-25(29(44)34(48)39-23-15-16-23)40-33(47)28-24-14-9-13-22(24)20-43(28)35(49)30(36(2,3)4)42-32(46)27(21-11-7-6-8-12-21)41-31(45)26-19-37-17-18-38-26/h17-19,21-25,27-30,44H,5-16,20H2,1-4H3,(H,39,48)(H,40,47)(H,41,45)(H,42,46)/t22-,24-,25-,27+,28-,29?,30-/m0/s1. The van der Waals surface area contributed by atoms with Gasteiger partial charge in [-0.1, -0.05) is 59.8 Å². The van der Waals surface area contributed by atoms with Crippen LogP contribution in [0.1, 0.15) is 115 Å². The topological polar surface area (TPSA) is 183 Å². The highest BCUT2D eigenvalue weighted by molar-refractivity contribution is 5.98. The Morgan fingerprint density at radius 2 is 1.65 bits per heavy atom. The van der Waals surface area contributed by atoms with Gasteiger partial charge in [-0.15, -0.1) is 0 Å². The van der Waals surface area contributed by atoms with Crippen molar-refractivity contribution >= 4 is 29.5 Å². The SMILES string of the molecule is CCC[C@H](NC(=O)[C@@H]1[C@H]2CCC[C@H]2CN1C(=O)[C@H](NC(=O)[C@H](NC(=O)c1cnccn1)C1CCCCC1)C(C)(C)C)C(O)C(=O)NC1CC1. The normalized spacial score (nSPS) is 25.0. The molecule has 1 aromatic rings. The highest BCUT2D eigenvalue weighted by Crippen LogP contribution is 2.43. The third-order valence-electron chi connectivity index (χ3n) is 10.8. The van der Waals surface area contributed by atoms with Gasteiger partial charge in [-0.05, 0) is 68.1 Å². The van der Waals surface area contributed by atoms with Gasteiger partial charge in [0.25, 0.3) is 11.8 Å². The molecule has 13 heteroatoms. The quantitative estimate of drug-likeness (QED) is 0.210. The largest absolute Gasteiger partial charge is 0.381 e. The molecule has 5 N–H and O–H groups in total. The van der Waals surface area contributed by atoms with Crippen LogP contribution in [0.25, 0.3) is 0 Å². The van der Waals surface area contributed by atoms with Crippen LogP contribution in [-0.4, -0.2) is 92.4 Å². The first-order valence-electron chi connectivity index (χ1n) is 18.4. The van der Waals surface area contributed by atoms with Gasteiger partial charge < -0.3 is 31.3 Å². The zero-order valence-corrected chi connectivity index (χ0v) is 29.5. The van der Waals surface area contributed by atoms with E-state index >= 15 is 0 Å². The number of carbonyl (C=O) groups is 5. The van der Waals surface area contributed by atoms with Gasteiger partial charge in [0.05, 0.1) is 12.2 Å². The highest BCUT2D eigenvalue weighted by Gasteiger charge is 2.52. The Morgan fingerprint density at radius 3 is 2.29 bits per heavy atom. The molecule has 0 radical (unpaired) electrons. The Kier molecular flexibility index (Phi) is 11.9. The van der Waals surface area contributed by atoms with Crippen LogP contribution in [0.15, 0.2) is 18.6 Å². The van der Waals surface area contributed by atoms with Gasteiger partial charge in [-0.3, -0.25) is 29.0 Å². The number of amides is 5. The molecule has 4 fully saturated rings. The van der Waals surface area contributed by atoms with Gasteiger partial charge >= 0.3 is 0 Å². The lowest BCUT2D eigenvalue weighted by Gasteiger charge is -2.38. The van der Waals surface area contributed by atoms with E-state index < -0.39 is 53.4 Å². The second kappa shape index (κ2) is 15.9. The van der Waals surface area contributed by atoms with Crippen LogP contribution in [0.5, 0.6) is 0 Å². The fourth-order valence-electron chi connectivity index (χ4n) is 8.00. The van der Waals surface area contributed by atoms with Gasteiger partial charge in [0.1, 0.15) is 23.8 Å². The fraction of sp³-hybridized carbons (Fsp3) is 0.750. The molecule has 3 aliphatic carbocycles. The predicted molar refractivity (Wildman–Crippen MR) is 182 cm³/mol. The lowest BCUT2D eigenvalue weighted by molar-refractivity contribution is -0.146. The van der Waals surface area contributed by atoms with Gasteiger partial charge in [0.15, 0.2) is 6.10 Å². The number of hydrogen-bond acceptors (Lipinski definition) is 8. The molecule has 13 nitrogen and oxygen atoms in total. The lowest BCUT2D eigenvalue weighted by Crippen LogP contribution is -2.62. The summed E-state index contributed by atoms with van der Waals surface area (Å²) < 4.78 is 0. The summed E-state index contributed by atoms with van der Waals surface area (Å²) in [6.45, 7) is 7.95. The monoisotopic (exact) mass is 681 g/mol. The number of hydrogen-bond donors (Lipinski definition) is 5. The molecule has 0 spiro atoms. The number of aliphatic hydroxyl groups excluding tert-OH is 1. The van der Waals surface area contributed by atoms with Gasteiger partial charge in [-0.2, -0.15) is 0 Å². The number of fused-ring (bicyclic) bond motifs is 1. The maximum atomic E-state index is 14.6. The van der Waals surface area contributed by atoms with Crippen LogP contribution >= 0.6 is 0 Å². The molecular weight excluding hydrogens is 626 g/mol. The van der Waals surface area contributed by atoms with Crippen molar-refractivity contribution in [3.8, 4) is 0 Å². The number of nitrogens with zero attached hydrogens (tertiary/aromatic N) is 3. The van der Waals surface area contributed by atoms with E-state index in [4.69, 9.17) is 0 Å². The summed E-state index contributed by atoms with van der Waals surface area (Å²) in [6, 6.07) is -3.35. The number of aliphatic hydroxyl groups is 1. The third-order valence-corrected chi connectivity index (χ3v) is 10.8. The van der Waals surface area contributed by atoms with Crippen molar-refractivity contribution in [3.05, 3.63) is 24.3 Å². The summed E-state index contributed by atoms with van der Waals surface area (Å²) in [6.07, 6.45) is 12.8. The molecule has 1 saturated heterocycles. The first kappa shape index (κ1) is 36.7. The van der Waals surface area contributed by atoms with E-state index in [0.717, 1.165) is 64.2 Å². The predicted octanol–water partition coefficient (Wildman–Crippen LogP) is 2.24. The van der Waals surface area contributed by atoms with Crippen molar-refractivity contribution in [2.75, 3.05) is 6.54 Å². The molecule has 5 amide bonds. The number of carbonyl (C=O) groups excluding carboxylic acids is 5. The van der Waals surface area contributed by atoms with Gasteiger partial charge in [0, 0.05) is 25.0 Å². The third kappa shape index (κ3) is 8.95. The number of nitrogens with one attached hydrogen (secondary N) is 4. The maximum Gasteiger partial charge on any atom is 0.272 e. The minimum Gasteiger partial charge on any atom is -0.381 e. The zero-order valence-electron chi connectivity index (χ0n) is 29.5. The van der Waals surface area contributed by atoms with Crippen molar-refractivity contribution < 1.29 is 29.1 Å². The Labute approximate surface area is 289 Å². The van der Waals surface area contributed by atoms with Gasteiger partial charge in [0.2, 0.25) is 17.7 Å². The molecule has 0 bridgehead atoms. The average Bonchev–Trinajstić information content (AvgIpc) is 3.65. The Hall–Kier alpha value is -3.61. The maximum absolute atomic E-state index is 14.6. The van der Waals surface area contributed by atoms with E-state index in [1.54, 1.807) is 4.90 Å². The molecule has 0 aromatic carbocycles. The molecule has 5 rings (SSSR count). The van der Waals surface area contributed by atoms with E-state index in [9.17, 15) is 29.1 Å². The van der Waals surface area contributed by atoms with E-state index in [-0.39, 0.29) is 41.3 Å². The van der Waals surface area contributed by atoms with E-state index in [0.29, 0.717) is 19.4 Å². The first-order chi connectivity index (χ1) is 23.4. The van der Waals surface area contributed by atoms with Crippen molar-refractivity contribution in [2.24, 2.45) is 23.2 Å². The smallest absolute Gasteiger partial charge is 0.272 e. The van der Waals surface area contributed by atoms with Crippen LogP contribution in [0.3, 0.4) is 0 Å². The zero-order chi connectivity index (χ0) is 35.3. The summed E-state index contributed by atoms with van der Waals surface area (Å²) in [5.74, 6) is -2.18. The molecule has 3 saturated carbocycles. The number of aromatic nitrogens is 2. The van der Waals surface area contributed by atoms with Crippen LogP contribution in [0, 0.1) is 23.2 Å². The van der Waals surface area contributed by atoms with Crippen LogP contribution in [0.4, 0.5) is 0 Å². The highest BCUT2D eigenvalue weighted by atomic mass is 16.3. The second-order valence-corrected chi connectivity index (χ2v) is 15.7. The van der Waals surface area contributed by atoms with Gasteiger partial charge in [-0.25, -0.2) is 4.98 Å². The molecule has 49 heavy (non-hydrogen) atoms.